The van der Waals surface area contributed by atoms with Gasteiger partial charge in [-0.25, -0.2) is 0 Å². The lowest BCUT2D eigenvalue weighted by atomic mass is 10.1. The van der Waals surface area contributed by atoms with E-state index in [4.69, 9.17) is 9.47 Å². The van der Waals surface area contributed by atoms with Crippen LogP contribution in [0.2, 0.25) is 0 Å². The zero-order valence-corrected chi connectivity index (χ0v) is 11.2. The average molecular weight is 238 g/mol. The van der Waals surface area contributed by atoms with E-state index in [1.54, 1.807) is 0 Å². The van der Waals surface area contributed by atoms with Crippen molar-refractivity contribution in [3.05, 3.63) is 23.8 Å². The van der Waals surface area contributed by atoms with Crippen LogP contribution in [0.3, 0.4) is 0 Å². The molecule has 0 amide bonds. The fourth-order valence-electron chi connectivity index (χ4n) is 1.49. The summed E-state index contributed by atoms with van der Waals surface area (Å²) in [5.74, 6) is 1.68. The fraction of sp³-hybridized carbons (Fsp3) is 0.571. The molecule has 1 rings (SSSR count). The predicted octanol–water partition coefficient (Wildman–Crippen LogP) is 2.57. The molecular formula is C14H24NO2+. The Kier molecular flexibility index (Phi) is 5.84. The van der Waals surface area contributed by atoms with E-state index in [0.29, 0.717) is 0 Å². The number of quaternary nitrogens is 1. The highest BCUT2D eigenvalue weighted by Crippen LogP contribution is 2.30. The fourth-order valence-corrected chi connectivity index (χ4v) is 1.49. The van der Waals surface area contributed by atoms with Crippen LogP contribution in [0.25, 0.3) is 0 Å². The first-order valence-electron chi connectivity index (χ1n) is 6.41. The lowest BCUT2D eigenvalue weighted by molar-refractivity contribution is -0.420. The molecule has 0 aromatic heterocycles. The van der Waals surface area contributed by atoms with E-state index in [1.807, 2.05) is 12.1 Å². The predicted molar refractivity (Wildman–Crippen MR) is 69.3 cm³/mol. The van der Waals surface area contributed by atoms with E-state index in [2.05, 4.69) is 32.6 Å². The molecule has 0 aliphatic rings. The molecule has 0 saturated heterocycles. The van der Waals surface area contributed by atoms with Crippen LogP contribution >= 0.6 is 0 Å². The Morgan fingerprint density at radius 1 is 1.06 bits per heavy atom. The minimum atomic E-state index is 0.263. The molecule has 0 saturated carbocycles. The minimum absolute atomic E-state index is 0.263. The lowest BCUT2D eigenvalue weighted by Crippen LogP contribution is -2.51. The molecule has 0 spiro atoms. The van der Waals surface area contributed by atoms with Crippen molar-refractivity contribution in [1.29, 1.82) is 0 Å². The normalized spacial score (nSPS) is 12.2. The van der Waals surface area contributed by atoms with E-state index < -0.39 is 0 Å². The first kappa shape index (κ1) is 13.8. The van der Waals surface area contributed by atoms with Crippen molar-refractivity contribution in [2.75, 3.05) is 13.2 Å². The van der Waals surface area contributed by atoms with Crippen molar-refractivity contribution in [3.8, 4) is 11.5 Å². The summed E-state index contributed by atoms with van der Waals surface area (Å²) >= 11 is 0. The van der Waals surface area contributed by atoms with E-state index in [0.717, 1.165) is 37.6 Å². The molecule has 0 heterocycles. The van der Waals surface area contributed by atoms with Crippen LogP contribution in [-0.2, 0) is 0 Å². The number of hydrogen-bond donors (Lipinski definition) is 1. The van der Waals surface area contributed by atoms with Crippen LogP contribution < -0.4 is 15.2 Å². The third-order valence-corrected chi connectivity index (χ3v) is 2.46. The summed E-state index contributed by atoms with van der Waals surface area (Å²) in [5.41, 5.74) is 5.21. The van der Waals surface area contributed by atoms with Crippen LogP contribution in [0.4, 0.5) is 0 Å². The Bertz CT molecular complexity index is 337. The summed E-state index contributed by atoms with van der Waals surface area (Å²) in [6.07, 6.45) is 2.00. The van der Waals surface area contributed by atoms with Gasteiger partial charge in [-0.15, -0.1) is 0 Å². The molecular weight excluding hydrogens is 214 g/mol. The van der Waals surface area contributed by atoms with Gasteiger partial charge in [0.15, 0.2) is 11.5 Å². The topological polar surface area (TPSA) is 46.1 Å². The zero-order valence-electron chi connectivity index (χ0n) is 11.2. The van der Waals surface area contributed by atoms with Crippen molar-refractivity contribution in [3.63, 3.8) is 0 Å². The maximum absolute atomic E-state index is 5.72. The molecule has 0 radical (unpaired) electrons. The van der Waals surface area contributed by atoms with Gasteiger partial charge in [0.05, 0.1) is 13.2 Å². The average Bonchev–Trinajstić information content (AvgIpc) is 2.34. The number of hydrogen-bond acceptors (Lipinski definition) is 2. The Hall–Kier alpha value is -1.22. The van der Waals surface area contributed by atoms with Crippen LogP contribution in [0.15, 0.2) is 18.2 Å². The largest absolute Gasteiger partial charge is 0.490 e. The second kappa shape index (κ2) is 7.17. The molecule has 0 bridgehead atoms. The lowest BCUT2D eigenvalue weighted by Gasteiger charge is -2.14. The molecule has 3 heteroatoms. The highest BCUT2D eigenvalue weighted by atomic mass is 16.5. The number of ether oxygens (including phenoxy) is 2. The highest BCUT2D eigenvalue weighted by molar-refractivity contribution is 5.43. The maximum Gasteiger partial charge on any atom is 0.161 e. The van der Waals surface area contributed by atoms with Gasteiger partial charge < -0.3 is 15.2 Å². The van der Waals surface area contributed by atoms with Gasteiger partial charge in [-0.3, -0.25) is 0 Å². The second-order valence-electron chi connectivity index (χ2n) is 4.30. The number of benzene rings is 1. The molecule has 0 aliphatic carbocycles. The minimum Gasteiger partial charge on any atom is -0.490 e. The summed E-state index contributed by atoms with van der Waals surface area (Å²) < 4.78 is 11.4. The van der Waals surface area contributed by atoms with Gasteiger partial charge >= 0.3 is 0 Å². The van der Waals surface area contributed by atoms with Crippen molar-refractivity contribution in [2.45, 2.75) is 39.7 Å². The van der Waals surface area contributed by atoms with Crippen LogP contribution in [0.1, 0.15) is 45.2 Å². The van der Waals surface area contributed by atoms with E-state index in [-0.39, 0.29) is 6.04 Å². The van der Waals surface area contributed by atoms with Crippen LogP contribution in [0.5, 0.6) is 11.5 Å². The molecule has 0 fully saturated rings. The standard InChI is InChI=1S/C14H23NO2/c1-4-8-16-13-7-6-12(11(3)15)10-14(13)17-9-5-2/h6-7,10-11H,4-5,8-9,15H2,1-3H3/p+1/t11-/m0/s1. The molecule has 0 unspecified atom stereocenters. The quantitative estimate of drug-likeness (QED) is 0.793. The first-order valence-corrected chi connectivity index (χ1v) is 6.41. The van der Waals surface area contributed by atoms with Gasteiger partial charge in [-0.2, -0.15) is 0 Å². The van der Waals surface area contributed by atoms with Gasteiger partial charge in [-0.1, -0.05) is 13.8 Å². The molecule has 0 aliphatic heterocycles. The SMILES string of the molecule is CCCOc1ccc([C@H](C)[NH3+])cc1OCCC. The Labute approximate surface area is 104 Å². The van der Waals surface area contributed by atoms with Gasteiger partial charge in [0.2, 0.25) is 0 Å². The van der Waals surface area contributed by atoms with Gasteiger partial charge in [0, 0.05) is 5.56 Å². The van der Waals surface area contributed by atoms with E-state index in [9.17, 15) is 0 Å². The summed E-state index contributed by atoms with van der Waals surface area (Å²) in [7, 11) is 0. The highest BCUT2D eigenvalue weighted by Gasteiger charge is 2.10. The molecule has 3 nitrogen and oxygen atoms in total. The first-order chi connectivity index (χ1) is 8.19. The zero-order chi connectivity index (χ0) is 12.7. The molecule has 17 heavy (non-hydrogen) atoms. The Morgan fingerprint density at radius 2 is 1.65 bits per heavy atom. The molecule has 3 N–H and O–H groups in total. The van der Waals surface area contributed by atoms with Crippen molar-refractivity contribution >= 4 is 0 Å². The summed E-state index contributed by atoms with van der Waals surface area (Å²) in [6, 6.07) is 6.34. The third-order valence-electron chi connectivity index (χ3n) is 2.46. The van der Waals surface area contributed by atoms with E-state index >= 15 is 0 Å². The summed E-state index contributed by atoms with van der Waals surface area (Å²) in [5, 5.41) is 0. The molecule has 1 atom stereocenters. The van der Waals surface area contributed by atoms with E-state index in [1.165, 1.54) is 5.56 Å². The van der Waals surface area contributed by atoms with Gasteiger partial charge in [-0.05, 0) is 38.0 Å². The van der Waals surface area contributed by atoms with Gasteiger partial charge in [0.1, 0.15) is 6.04 Å². The second-order valence-corrected chi connectivity index (χ2v) is 4.30. The molecule has 96 valence electrons. The van der Waals surface area contributed by atoms with Crippen molar-refractivity contribution in [1.82, 2.24) is 0 Å². The molecule has 1 aromatic carbocycles. The third kappa shape index (κ3) is 4.27. The molecule has 1 aromatic rings. The van der Waals surface area contributed by atoms with Crippen LogP contribution in [0, 0.1) is 0 Å². The number of rotatable bonds is 7. The smallest absolute Gasteiger partial charge is 0.161 e. The summed E-state index contributed by atoms with van der Waals surface area (Å²) in [6.45, 7) is 7.71. The van der Waals surface area contributed by atoms with Crippen molar-refractivity contribution in [2.24, 2.45) is 0 Å². The van der Waals surface area contributed by atoms with Crippen LogP contribution in [-0.4, -0.2) is 13.2 Å². The van der Waals surface area contributed by atoms with Gasteiger partial charge in [0.25, 0.3) is 0 Å². The Balaban J connectivity index is 2.86. The maximum atomic E-state index is 5.72. The van der Waals surface area contributed by atoms with Crippen molar-refractivity contribution < 1.29 is 15.2 Å². The monoisotopic (exact) mass is 238 g/mol. The summed E-state index contributed by atoms with van der Waals surface area (Å²) in [4.78, 5) is 0. The Morgan fingerprint density at radius 3 is 2.18 bits per heavy atom.